The van der Waals surface area contributed by atoms with Crippen molar-refractivity contribution in [2.45, 2.75) is 52.7 Å². The van der Waals surface area contributed by atoms with E-state index < -0.39 is 5.60 Å². The molecule has 1 atom stereocenters. The fourth-order valence-corrected chi connectivity index (χ4v) is 5.07. The zero-order chi connectivity index (χ0) is 23.8. The molecule has 1 saturated heterocycles. The van der Waals surface area contributed by atoms with Gasteiger partial charge < -0.3 is 14.7 Å². The number of hydrogen-bond donors (Lipinski definition) is 1. The van der Waals surface area contributed by atoms with Gasteiger partial charge in [-0.2, -0.15) is 5.10 Å². The molecule has 1 aliphatic heterocycles. The Labute approximate surface area is 196 Å². The quantitative estimate of drug-likeness (QED) is 0.565. The number of aryl methyl sites for hydroxylation is 2. The molecule has 7 nitrogen and oxygen atoms in total. The van der Waals surface area contributed by atoms with Crippen molar-refractivity contribution in [3.8, 4) is 5.75 Å². The maximum Gasteiger partial charge on any atom is 0.147 e. The molecule has 1 fully saturated rings. The first kappa shape index (κ1) is 23.4. The predicted molar refractivity (Wildman–Crippen MR) is 128 cm³/mol. The van der Waals surface area contributed by atoms with Crippen molar-refractivity contribution in [2.75, 3.05) is 26.7 Å². The molecule has 0 radical (unpaired) electrons. The topological polar surface area (TPSA) is 76.3 Å². The molecule has 1 N–H and O–H groups in total. The second-order valence-electron chi connectivity index (χ2n) is 9.91. The lowest BCUT2D eigenvalue weighted by molar-refractivity contribution is -0.127. The van der Waals surface area contributed by atoms with Crippen molar-refractivity contribution in [2.24, 2.45) is 5.41 Å². The first-order chi connectivity index (χ1) is 15.6. The standard InChI is InChI=1S/C26H35N5O2/c1-18(2)21-7-9-22(10-8-21)26(32,25(5)16-30(6)17-25)23-13-24(15-27-14-23)33-12-11-31-20(4)28-19(3)29-31/h7-10,13-15,18,32H,11-12,16-17H2,1-6H3. The summed E-state index contributed by atoms with van der Waals surface area (Å²) in [5.41, 5.74) is 1.37. The number of pyridine rings is 1. The Hall–Kier alpha value is -2.77. The summed E-state index contributed by atoms with van der Waals surface area (Å²) in [6.07, 6.45) is 3.46. The van der Waals surface area contributed by atoms with Crippen LogP contribution in [0.5, 0.6) is 5.75 Å². The van der Waals surface area contributed by atoms with Crippen LogP contribution in [0, 0.1) is 19.3 Å². The maximum atomic E-state index is 12.3. The summed E-state index contributed by atoms with van der Waals surface area (Å²) in [5, 5.41) is 16.7. The summed E-state index contributed by atoms with van der Waals surface area (Å²) < 4.78 is 7.85. The normalized spacial score (nSPS) is 17.6. The van der Waals surface area contributed by atoms with Crippen molar-refractivity contribution in [3.05, 3.63) is 71.1 Å². The van der Waals surface area contributed by atoms with Crippen LogP contribution >= 0.6 is 0 Å². The smallest absolute Gasteiger partial charge is 0.147 e. The van der Waals surface area contributed by atoms with Gasteiger partial charge in [0, 0.05) is 30.3 Å². The van der Waals surface area contributed by atoms with E-state index >= 15 is 0 Å². The second-order valence-corrected chi connectivity index (χ2v) is 9.91. The Morgan fingerprint density at radius 3 is 2.39 bits per heavy atom. The summed E-state index contributed by atoms with van der Waals surface area (Å²) in [6.45, 7) is 12.9. The highest BCUT2D eigenvalue weighted by molar-refractivity contribution is 5.42. The minimum Gasteiger partial charge on any atom is -0.490 e. The number of rotatable bonds is 8. The Morgan fingerprint density at radius 1 is 1.12 bits per heavy atom. The van der Waals surface area contributed by atoms with Gasteiger partial charge in [-0.25, -0.2) is 9.67 Å². The molecule has 4 rings (SSSR count). The third-order valence-electron chi connectivity index (χ3n) is 6.77. The highest BCUT2D eigenvalue weighted by atomic mass is 16.5. The molecule has 1 aromatic carbocycles. The van der Waals surface area contributed by atoms with Crippen LogP contribution in [0.2, 0.25) is 0 Å². The molecule has 7 heteroatoms. The summed E-state index contributed by atoms with van der Waals surface area (Å²) in [7, 11) is 2.08. The molecule has 33 heavy (non-hydrogen) atoms. The van der Waals surface area contributed by atoms with Gasteiger partial charge in [-0.1, -0.05) is 45.0 Å². The Bertz CT molecular complexity index is 1100. The van der Waals surface area contributed by atoms with E-state index in [2.05, 4.69) is 72.1 Å². The van der Waals surface area contributed by atoms with Gasteiger partial charge >= 0.3 is 0 Å². The van der Waals surface area contributed by atoms with Crippen molar-refractivity contribution in [3.63, 3.8) is 0 Å². The van der Waals surface area contributed by atoms with Gasteiger partial charge in [-0.3, -0.25) is 4.98 Å². The van der Waals surface area contributed by atoms with Gasteiger partial charge in [0.25, 0.3) is 0 Å². The highest BCUT2D eigenvalue weighted by Crippen LogP contribution is 2.50. The fraction of sp³-hybridized carbons (Fsp3) is 0.500. The molecular formula is C26H35N5O2. The number of nitrogens with zero attached hydrogens (tertiary/aromatic N) is 5. The van der Waals surface area contributed by atoms with Crippen LogP contribution in [0.1, 0.15) is 55.0 Å². The van der Waals surface area contributed by atoms with Gasteiger partial charge in [0.1, 0.15) is 29.6 Å². The molecule has 1 aliphatic rings. The predicted octanol–water partition coefficient (Wildman–Crippen LogP) is 3.68. The van der Waals surface area contributed by atoms with Crippen molar-refractivity contribution in [1.29, 1.82) is 0 Å². The van der Waals surface area contributed by atoms with Gasteiger partial charge in [0.05, 0.1) is 12.7 Å². The van der Waals surface area contributed by atoms with Crippen LogP contribution in [0.4, 0.5) is 0 Å². The molecule has 3 heterocycles. The van der Waals surface area contributed by atoms with Gasteiger partial charge in [0.2, 0.25) is 0 Å². The monoisotopic (exact) mass is 449 g/mol. The molecule has 0 spiro atoms. The molecule has 1 unspecified atom stereocenters. The van der Waals surface area contributed by atoms with E-state index in [0.717, 1.165) is 35.9 Å². The number of aliphatic hydroxyl groups is 1. The Kier molecular flexibility index (Phi) is 6.29. The van der Waals surface area contributed by atoms with Crippen LogP contribution in [0.3, 0.4) is 0 Å². The molecule has 2 aromatic heterocycles. The molecule has 3 aromatic rings. The van der Waals surface area contributed by atoms with E-state index in [1.807, 2.05) is 24.6 Å². The van der Waals surface area contributed by atoms with E-state index in [-0.39, 0.29) is 5.41 Å². The zero-order valence-electron chi connectivity index (χ0n) is 20.5. The SMILES string of the molecule is Cc1nc(C)n(CCOc2cncc(C(O)(c3ccc(C(C)C)cc3)C3(C)CN(C)C3)c2)n1. The molecular weight excluding hydrogens is 414 g/mol. The first-order valence-corrected chi connectivity index (χ1v) is 11.6. The average molecular weight is 450 g/mol. The Morgan fingerprint density at radius 2 is 1.82 bits per heavy atom. The lowest BCUT2D eigenvalue weighted by Crippen LogP contribution is -2.63. The highest BCUT2D eigenvalue weighted by Gasteiger charge is 2.55. The Balaban J connectivity index is 1.61. The van der Waals surface area contributed by atoms with Crippen LogP contribution in [0.15, 0.2) is 42.7 Å². The summed E-state index contributed by atoms with van der Waals surface area (Å²) in [6, 6.07) is 10.3. The van der Waals surface area contributed by atoms with Crippen LogP contribution < -0.4 is 4.74 Å². The van der Waals surface area contributed by atoms with E-state index in [0.29, 0.717) is 24.8 Å². The van der Waals surface area contributed by atoms with Crippen LogP contribution in [-0.4, -0.2) is 56.5 Å². The first-order valence-electron chi connectivity index (χ1n) is 11.6. The molecule has 0 amide bonds. The minimum atomic E-state index is -1.18. The lowest BCUT2D eigenvalue weighted by Gasteiger charge is -2.55. The zero-order valence-corrected chi connectivity index (χ0v) is 20.5. The van der Waals surface area contributed by atoms with Gasteiger partial charge in [0.15, 0.2) is 0 Å². The van der Waals surface area contributed by atoms with Crippen molar-refractivity contribution in [1.82, 2.24) is 24.6 Å². The van der Waals surface area contributed by atoms with Crippen molar-refractivity contribution < 1.29 is 9.84 Å². The van der Waals surface area contributed by atoms with Gasteiger partial charge in [-0.15, -0.1) is 0 Å². The van der Waals surface area contributed by atoms with E-state index in [1.165, 1.54) is 5.56 Å². The van der Waals surface area contributed by atoms with E-state index in [4.69, 9.17) is 4.74 Å². The number of benzene rings is 1. The number of aromatic nitrogens is 4. The lowest BCUT2D eigenvalue weighted by atomic mass is 9.62. The largest absolute Gasteiger partial charge is 0.490 e. The molecule has 0 bridgehead atoms. The van der Waals surface area contributed by atoms with Gasteiger partial charge in [-0.05, 0) is 44.0 Å². The average Bonchev–Trinajstić information content (AvgIpc) is 3.09. The molecule has 0 saturated carbocycles. The van der Waals surface area contributed by atoms with Crippen LogP contribution in [0.25, 0.3) is 0 Å². The fourth-order valence-electron chi connectivity index (χ4n) is 5.07. The third-order valence-corrected chi connectivity index (χ3v) is 6.77. The second kappa shape index (κ2) is 8.88. The number of likely N-dealkylation sites (tertiary alicyclic amines) is 1. The van der Waals surface area contributed by atoms with E-state index in [1.54, 1.807) is 12.4 Å². The summed E-state index contributed by atoms with van der Waals surface area (Å²) >= 11 is 0. The van der Waals surface area contributed by atoms with E-state index in [9.17, 15) is 5.11 Å². The maximum absolute atomic E-state index is 12.3. The minimum absolute atomic E-state index is 0.337. The van der Waals surface area contributed by atoms with Crippen LogP contribution in [-0.2, 0) is 12.1 Å². The molecule has 176 valence electrons. The molecule has 0 aliphatic carbocycles. The summed E-state index contributed by atoms with van der Waals surface area (Å²) in [4.78, 5) is 11.0. The van der Waals surface area contributed by atoms with Crippen molar-refractivity contribution >= 4 is 0 Å². The summed E-state index contributed by atoms with van der Waals surface area (Å²) in [5.74, 6) is 2.69. The number of ether oxygens (including phenoxy) is 1. The number of hydrogen-bond acceptors (Lipinski definition) is 6. The third kappa shape index (κ3) is 4.39.